The highest BCUT2D eigenvalue weighted by molar-refractivity contribution is 6.00. The molecule has 0 aliphatic carbocycles. The van der Waals surface area contributed by atoms with E-state index in [1.54, 1.807) is 0 Å². The van der Waals surface area contributed by atoms with Gasteiger partial charge < -0.3 is 11.5 Å². The fraction of sp³-hybridized carbons (Fsp3) is 0. The first kappa shape index (κ1) is 8.74. The molecule has 4 heteroatoms. The molecule has 0 saturated heterocycles. The van der Waals surface area contributed by atoms with Crippen LogP contribution in [-0.2, 0) is 0 Å². The second kappa shape index (κ2) is 2.83. The second-order valence-electron chi connectivity index (χ2n) is 3.05. The van der Waals surface area contributed by atoms with E-state index in [-0.39, 0.29) is 11.4 Å². The summed E-state index contributed by atoms with van der Waals surface area (Å²) in [5, 5.41) is 0.868. The lowest BCUT2D eigenvalue weighted by molar-refractivity contribution is 0.628. The Morgan fingerprint density at radius 1 is 0.929 bits per heavy atom. The Morgan fingerprint density at radius 2 is 1.64 bits per heavy atom. The van der Waals surface area contributed by atoms with Crippen LogP contribution in [0.5, 0.6) is 0 Å². The Bertz CT molecular complexity index is 509. The van der Waals surface area contributed by atoms with Gasteiger partial charge in [0.2, 0.25) is 0 Å². The molecule has 0 aliphatic heterocycles. The standard InChI is InChI=1S/C10H8F2N2/c11-5-3-7-6(9(13)4-5)1-2-8(12)10(7)14/h1-4H,13-14H2. The minimum Gasteiger partial charge on any atom is -0.398 e. The van der Waals surface area contributed by atoms with E-state index in [9.17, 15) is 8.78 Å². The summed E-state index contributed by atoms with van der Waals surface area (Å²) in [7, 11) is 0. The number of hydrogen-bond acceptors (Lipinski definition) is 2. The molecular weight excluding hydrogens is 186 g/mol. The van der Waals surface area contributed by atoms with Crippen LogP contribution in [0.3, 0.4) is 0 Å². The lowest BCUT2D eigenvalue weighted by atomic mass is 10.1. The fourth-order valence-electron chi connectivity index (χ4n) is 1.42. The Kier molecular flexibility index (Phi) is 1.77. The van der Waals surface area contributed by atoms with E-state index in [1.807, 2.05) is 0 Å². The minimum atomic E-state index is -0.567. The van der Waals surface area contributed by atoms with E-state index in [0.29, 0.717) is 10.8 Å². The molecule has 0 radical (unpaired) electrons. The van der Waals surface area contributed by atoms with Crippen molar-refractivity contribution in [1.29, 1.82) is 0 Å². The van der Waals surface area contributed by atoms with Gasteiger partial charge in [-0.15, -0.1) is 0 Å². The topological polar surface area (TPSA) is 52.0 Å². The van der Waals surface area contributed by atoms with E-state index in [4.69, 9.17) is 11.5 Å². The predicted molar refractivity (Wildman–Crippen MR) is 52.7 cm³/mol. The highest BCUT2D eigenvalue weighted by atomic mass is 19.1. The predicted octanol–water partition coefficient (Wildman–Crippen LogP) is 2.28. The number of rotatable bonds is 0. The molecule has 14 heavy (non-hydrogen) atoms. The largest absolute Gasteiger partial charge is 0.398 e. The molecule has 0 spiro atoms. The molecule has 0 aromatic heterocycles. The van der Waals surface area contributed by atoms with Gasteiger partial charge in [-0.3, -0.25) is 0 Å². The van der Waals surface area contributed by atoms with Crippen LogP contribution in [0.4, 0.5) is 20.2 Å². The van der Waals surface area contributed by atoms with Gasteiger partial charge in [-0.05, 0) is 24.3 Å². The Hall–Kier alpha value is -1.84. The van der Waals surface area contributed by atoms with Crippen molar-refractivity contribution in [3.8, 4) is 0 Å². The maximum atomic E-state index is 13.0. The van der Waals surface area contributed by atoms with Crippen LogP contribution in [0.1, 0.15) is 0 Å². The molecule has 0 aliphatic rings. The third-order valence-corrected chi connectivity index (χ3v) is 2.12. The number of benzene rings is 2. The summed E-state index contributed by atoms with van der Waals surface area (Å²) in [5.41, 5.74) is 11.2. The quantitative estimate of drug-likeness (QED) is 0.632. The molecule has 2 rings (SSSR count). The monoisotopic (exact) mass is 194 g/mol. The molecule has 2 aromatic rings. The third kappa shape index (κ3) is 1.16. The van der Waals surface area contributed by atoms with E-state index >= 15 is 0 Å². The number of anilines is 2. The first-order valence-corrected chi connectivity index (χ1v) is 4.02. The summed E-state index contributed by atoms with van der Waals surface area (Å²) in [6.07, 6.45) is 0. The highest BCUT2D eigenvalue weighted by Crippen LogP contribution is 2.28. The van der Waals surface area contributed by atoms with Crippen LogP contribution in [-0.4, -0.2) is 0 Å². The van der Waals surface area contributed by atoms with E-state index in [0.717, 1.165) is 0 Å². The van der Waals surface area contributed by atoms with Crippen molar-refractivity contribution in [3.05, 3.63) is 35.9 Å². The first-order valence-electron chi connectivity index (χ1n) is 4.02. The molecular formula is C10H8F2N2. The second-order valence-corrected chi connectivity index (χ2v) is 3.05. The van der Waals surface area contributed by atoms with Crippen molar-refractivity contribution in [2.24, 2.45) is 0 Å². The van der Waals surface area contributed by atoms with Crippen LogP contribution in [0, 0.1) is 11.6 Å². The summed E-state index contributed by atoms with van der Waals surface area (Å²) in [4.78, 5) is 0. The van der Waals surface area contributed by atoms with Gasteiger partial charge in [0.05, 0.1) is 5.69 Å². The molecule has 0 amide bonds. The molecule has 72 valence electrons. The summed E-state index contributed by atoms with van der Waals surface area (Å²) in [6.45, 7) is 0. The Morgan fingerprint density at radius 3 is 2.36 bits per heavy atom. The van der Waals surface area contributed by atoms with Gasteiger partial charge in [-0.2, -0.15) is 0 Å². The number of fused-ring (bicyclic) bond motifs is 1. The molecule has 2 aromatic carbocycles. The summed E-state index contributed by atoms with van der Waals surface area (Å²) in [5.74, 6) is -1.09. The molecule has 0 fully saturated rings. The lowest BCUT2D eigenvalue weighted by Crippen LogP contribution is -1.95. The zero-order valence-corrected chi connectivity index (χ0v) is 7.22. The number of nitrogen functional groups attached to an aromatic ring is 2. The van der Waals surface area contributed by atoms with Crippen molar-refractivity contribution in [3.63, 3.8) is 0 Å². The van der Waals surface area contributed by atoms with E-state index in [1.165, 1.54) is 24.3 Å². The SMILES string of the molecule is Nc1cc(F)cc2c(N)c(F)ccc12. The number of hydrogen-bond donors (Lipinski definition) is 2. The van der Waals surface area contributed by atoms with Crippen molar-refractivity contribution >= 4 is 22.1 Å². The van der Waals surface area contributed by atoms with E-state index in [2.05, 4.69) is 0 Å². The van der Waals surface area contributed by atoms with Crippen molar-refractivity contribution in [2.45, 2.75) is 0 Å². The van der Waals surface area contributed by atoms with Gasteiger partial charge in [0.15, 0.2) is 0 Å². The Balaban J connectivity index is 2.95. The van der Waals surface area contributed by atoms with Gasteiger partial charge in [0.1, 0.15) is 11.6 Å². The molecule has 0 saturated carbocycles. The maximum absolute atomic E-state index is 13.0. The van der Waals surface area contributed by atoms with Crippen LogP contribution < -0.4 is 11.5 Å². The normalized spacial score (nSPS) is 10.7. The molecule has 0 unspecified atom stereocenters. The first-order chi connectivity index (χ1) is 6.59. The van der Waals surface area contributed by atoms with Crippen LogP contribution in [0.2, 0.25) is 0 Å². The zero-order chi connectivity index (χ0) is 10.3. The number of nitrogens with two attached hydrogens (primary N) is 2. The lowest BCUT2D eigenvalue weighted by Gasteiger charge is -2.05. The molecule has 4 N–H and O–H groups in total. The molecule has 0 heterocycles. The summed E-state index contributed by atoms with van der Waals surface area (Å²) < 4.78 is 26.0. The number of halogens is 2. The summed E-state index contributed by atoms with van der Waals surface area (Å²) in [6, 6.07) is 5.05. The van der Waals surface area contributed by atoms with Crippen LogP contribution in [0.25, 0.3) is 10.8 Å². The average Bonchev–Trinajstić information content (AvgIpc) is 2.12. The Labute approximate surface area is 79.1 Å². The van der Waals surface area contributed by atoms with Gasteiger partial charge in [-0.1, -0.05) is 0 Å². The molecule has 0 atom stereocenters. The van der Waals surface area contributed by atoms with Crippen molar-refractivity contribution in [1.82, 2.24) is 0 Å². The van der Waals surface area contributed by atoms with Crippen molar-refractivity contribution in [2.75, 3.05) is 11.5 Å². The molecule has 2 nitrogen and oxygen atoms in total. The van der Waals surface area contributed by atoms with E-state index < -0.39 is 11.6 Å². The zero-order valence-electron chi connectivity index (χ0n) is 7.22. The third-order valence-electron chi connectivity index (χ3n) is 2.12. The van der Waals surface area contributed by atoms with Crippen LogP contribution >= 0.6 is 0 Å². The van der Waals surface area contributed by atoms with Gasteiger partial charge >= 0.3 is 0 Å². The summed E-state index contributed by atoms with van der Waals surface area (Å²) >= 11 is 0. The van der Waals surface area contributed by atoms with Gasteiger partial charge in [0, 0.05) is 16.5 Å². The average molecular weight is 194 g/mol. The fourth-order valence-corrected chi connectivity index (χ4v) is 1.42. The highest BCUT2D eigenvalue weighted by Gasteiger charge is 2.07. The van der Waals surface area contributed by atoms with Crippen LogP contribution in [0.15, 0.2) is 24.3 Å². The minimum absolute atomic E-state index is 0.0753. The smallest absolute Gasteiger partial charge is 0.146 e. The van der Waals surface area contributed by atoms with Gasteiger partial charge in [-0.25, -0.2) is 8.78 Å². The maximum Gasteiger partial charge on any atom is 0.146 e. The van der Waals surface area contributed by atoms with Crippen molar-refractivity contribution < 1.29 is 8.78 Å². The van der Waals surface area contributed by atoms with Gasteiger partial charge in [0.25, 0.3) is 0 Å². The molecule has 0 bridgehead atoms.